The van der Waals surface area contributed by atoms with E-state index >= 15 is 0 Å². The number of hydrogen-bond acceptors (Lipinski definition) is 5. The van der Waals surface area contributed by atoms with Crippen molar-refractivity contribution in [2.45, 2.75) is 51.3 Å². The van der Waals surface area contributed by atoms with Crippen LogP contribution in [0.5, 0.6) is 0 Å². The van der Waals surface area contributed by atoms with Crippen molar-refractivity contribution in [2.24, 2.45) is 0 Å². The van der Waals surface area contributed by atoms with Crippen LogP contribution in [0, 0.1) is 0 Å². The summed E-state index contributed by atoms with van der Waals surface area (Å²) in [6, 6.07) is 1.32. The second-order valence-electron chi connectivity index (χ2n) is 7.33. The predicted molar refractivity (Wildman–Crippen MR) is 90.8 cm³/mol. The third-order valence-electron chi connectivity index (χ3n) is 4.22. The van der Waals surface area contributed by atoms with Crippen LogP contribution in [0.4, 0.5) is 0 Å². The zero-order chi connectivity index (χ0) is 16.3. The summed E-state index contributed by atoms with van der Waals surface area (Å²) in [4.78, 5) is 6.69. The summed E-state index contributed by atoms with van der Waals surface area (Å²) < 4.78 is 7.62. The first-order chi connectivity index (χ1) is 10.3. The molecule has 6 nitrogen and oxygen atoms in total. The SMILES string of the molecule is CN1CCC[C@H]1c1ncc(B(O)O)n1COCC[Si](C)(C)C. The van der Waals surface area contributed by atoms with Gasteiger partial charge in [0.1, 0.15) is 12.6 Å². The van der Waals surface area contributed by atoms with Gasteiger partial charge in [-0.15, -0.1) is 0 Å². The number of imidazole rings is 1. The van der Waals surface area contributed by atoms with Crippen LogP contribution in [-0.4, -0.2) is 59.9 Å². The maximum atomic E-state index is 9.54. The van der Waals surface area contributed by atoms with Gasteiger partial charge in [0.25, 0.3) is 0 Å². The van der Waals surface area contributed by atoms with Gasteiger partial charge in [-0.3, -0.25) is 4.90 Å². The van der Waals surface area contributed by atoms with Gasteiger partial charge in [0, 0.05) is 20.9 Å². The Morgan fingerprint density at radius 3 is 2.68 bits per heavy atom. The van der Waals surface area contributed by atoms with Gasteiger partial charge in [-0.1, -0.05) is 19.6 Å². The van der Waals surface area contributed by atoms with Crippen LogP contribution in [0.2, 0.25) is 25.7 Å². The Kier molecular flexibility index (Phi) is 5.84. The van der Waals surface area contributed by atoms with Gasteiger partial charge in [0.2, 0.25) is 0 Å². The minimum Gasteiger partial charge on any atom is -0.422 e. The van der Waals surface area contributed by atoms with Gasteiger partial charge in [0.05, 0.1) is 11.6 Å². The van der Waals surface area contributed by atoms with E-state index in [2.05, 4.69) is 36.6 Å². The maximum Gasteiger partial charge on any atom is 0.507 e. The van der Waals surface area contributed by atoms with Crippen molar-refractivity contribution in [3.63, 3.8) is 0 Å². The van der Waals surface area contributed by atoms with E-state index in [4.69, 9.17) is 4.74 Å². The van der Waals surface area contributed by atoms with Crippen LogP contribution in [0.25, 0.3) is 0 Å². The summed E-state index contributed by atoms with van der Waals surface area (Å²) in [6.07, 6.45) is 3.74. The second kappa shape index (κ2) is 7.27. The Morgan fingerprint density at radius 1 is 1.41 bits per heavy atom. The molecule has 0 unspecified atom stereocenters. The van der Waals surface area contributed by atoms with E-state index in [1.54, 1.807) is 6.20 Å². The van der Waals surface area contributed by atoms with Gasteiger partial charge in [0.15, 0.2) is 0 Å². The van der Waals surface area contributed by atoms with Crippen LogP contribution in [0.1, 0.15) is 24.7 Å². The molecule has 8 heteroatoms. The second-order valence-corrected chi connectivity index (χ2v) is 13.0. The van der Waals surface area contributed by atoms with Gasteiger partial charge in [-0.25, -0.2) is 4.98 Å². The molecule has 2 rings (SSSR count). The molecule has 0 saturated carbocycles. The minimum absolute atomic E-state index is 0.230. The van der Waals surface area contributed by atoms with Gasteiger partial charge in [-0.2, -0.15) is 0 Å². The molecule has 0 aromatic carbocycles. The fraction of sp³-hybridized carbons (Fsp3) is 0.786. The summed E-state index contributed by atoms with van der Waals surface area (Å²) in [5, 5.41) is 19.1. The van der Waals surface area contributed by atoms with Crippen LogP contribution in [0.3, 0.4) is 0 Å². The number of ether oxygens (including phenoxy) is 1. The lowest BCUT2D eigenvalue weighted by atomic mass is 9.87. The summed E-state index contributed by atoms with van der Waals surface area (Å²) in [6.45, 7) is 9.02. The highest BCUT2D eigenvalue weighted by Crippen LogP contribution is 2.28. The van der Waals surface area contributed by atoms with E-state index < -0.39 is 15.2 Å². The average Bonchev–Trinajstić information content (AvgIpc) is 2.99. The molecular formula is C14H28BN3O3Si. The first kappa shape index (κ1) is 17.7. The molecule has 1 aromatic rings. The van der Waals surface area contributed by atoms with E-state index in [-0.39, 0.29) is 6.04 Å². The molecular weight excluding hydrogens is 297 g/mol. The summed E-state index contributed by atoms with van der Waals surface area (Å²) in [5.74, 6) is 0.871. The molecule has 2 heterocycles. The van der Waals surface area contributed by atoms with E-state index in [9.17, 15) is 10.0 Å². The molecule has 0 radical (unpaired) electrons. The molecule has 0 aliphatic carbocycles. The third kappa shape index (κ3) is 4.42. The lowest BCUT2D eigenvalue weighted by Gasteiger charge is -2.22. The smallest absolute Gasteiger partial charge is 0.422 e. The van der Waals surface area contributed by atoms with Crippen LogP contribution in [0.15, 0.2) is 6.20 Å². The van der Waals surface area contributed by atoms with Crippen LogP contribution < -0.4 is 5.59 Å². The zero-order valence-corrected chi connectivity index (χ0v) is 15.1. The lowest BCUT2D eigenvalue weighted by Crippen LogP contribution is -2.38. The largest absolute Gasteiger partial charge is 0.507 e. The third-order valence-corrected chi connectivity index (χ3v) is 5.92. The molecule has 0 bridgehead atoms. The fourth-order valence-corrected chi connectivity index (χ4v) is 3.54. The van der Waals surface area contributed by atoms with Crippen molar-refractivity contribution in [3.05, 3.63) is 12.0 Å². The van der Waals surface area contributed by atoms with Crippen LogP contribution >= 0.6 is 0 Å². The Morgan fingerprint density at radius 2 is 2.14 bits per heavy atom. The monoisotopic (exact) mass is 325 g/mol. The molecule has 0 amide bonds. The van der Waals surface area contributed by atoms with E-state index in [1.165, 1.54) is 0 Å². The van der Waals surface area contributed by atoms with Crippen LogP contribution in [-0.2, 0) is 11.5 Å². The Labute approximate surface area is 134 Å². The minimum atomic E-state index is -1.52. The first-order valence-corrected chi connectivity index (χ1v) is 11.7. The zero-order valence-electron chi connectivity index (χ0n) is 14.1. The normalized spacial score (nSPS) is 19.8. The molecule has 0 spiro atoms. The standard InChI is InChI=1S/C14H28BN3O3Si/c1-17-7-5-6-12(17)14-16-10-13(15(19)20)18(14)11-21-8-9-22(2,3)4/h10,12,19-20H,5-9,11H2,1-4H3/t12-/m0/s1. The summed E-state index contributed by atoms with van der Waals surface area (Å²) in [7, 11) is -0.560. The van der Waals surface area contributed by atoms with Gasteiger partial charge >= 0.3 is 7.12 Å². The van der Waals surface area contributed by atoms with Crippen molar-refractivity contribution >= 4 is 20.8 Å². The van der Waals surface area contributed by atoms with Crippen molar-refractivity contribution in [2.75, 3.05) is 20.2 Å². The number of aromatic nitrogens is 2. The van der Waals surface area contributed by atoms with E-state index in [0.29, 0.717) is 18.9 Å². The van der Waals surface area contributed by atoms with Crippen molar-refractivity contribution in [1.82, 2.24) is 14.5 Å². The number of likely N-dealkylation sites (tertiary alicyclic amines) is 1. The Balaban J connectivity index is 2.08. The Hall–Kier alpha value is -0.668. The molecule has 1 aliphatic rings. The van der Waals surface area contributed by atoms with Crippen molar-refractivity contribution in [3.8, 4) is 0 Å². The highest BCUT2D eigenvalue weighted by atomic mass is 28.3. The predicted octanol–water partition coefficient (Wildman–Crippen LogP) is 0.642. The quantitative estimate of drug-likeness (QED) is 0.569. The highest BCUT2D eigenvalue weighted by molar-refractivity contribution is 6.76. The molecule has 1 fully saturated rings. The highest BCUT2D eigenvalue weighted by Gasteiger charge is 2.30. The molecule has 1 aliphatic heterocycles. The molecule has 2 N–H and O–H groups in total. The summed E-state index contributed by atoms with van der Waals surface area (Å²) in [5.41, 5.74) is 0.406. The molecule has 124 valence electrons. The number of rotatable bonds is 7. The fourth-order valence-electron chi connectivity index (χ4n) is 2.79. The van der Waals surface area contributed by atoms with Gasteiger partial charge < -0.3 is 19.4 Å². The molecule has 1 atom stereocenters. The van der Waals surface area contributed by atoms with Gasteiger partial charge in [-0.05, 0) is 32.5 Å². The molecule has 1 saturated heterocycles. The number of nitrogens with zero attached hydrogens (tertiary/aromatic N) is 3. The molecule has 1 aromatic heterocycles. The summed E-state index contributed by atoms with van der Waals surface area (Å²) >= 11 is 0. The first-order valence-electron chi connectivity index (χ1n) is 7.99. The maximum absolute atomic E-state index is 9.54. The number of hydrogen-bond donors (Lipinski definition) is 2. The Bertz CT molecular complexity index is 490. The molecule has 22 heavy (non-hydrogen) atoms. The lowest BCUT2D eigenvalue weighted by molar-refractivity contribution is 0.0835. The van der Waals surface area contributed by atoms with Crippen molar-refractivity contribution < 1.29 is 14.8 Å². The van der Waals surface area contributed by atoms with E-state index in [0.717, 1.165) is 31.3 Å². The van der Waals surface area contributed by atoms with Crippen molar-refractivity contribution in [1.29, 1.82) is 0 Å². The average molecular weight is 325 g/mol. The van der Waals surface area contributed by atoms with E-state index in [1.807, 2.05) is 4.57 Å². The topological polar surface area (TPSA) is 70.8 Å².